The Morgan fingerprint density at radius 3 is 2.62 bits per heavy atom. The summed E-state index contributed by atoms with van der Waals surface area (Å²) in [6.45, 7) is 3.01. The van der Waals surface area contributed by atoms with Gasteiger partial charge in [0, 0.05) is 11.5 Å². The summed E-state index contributed by atoms with van der Waals surface area (Å²) in [6.07, 6.45) is -0.900. The fourth-order valence-electron chi connectivity index (χ4n) is 2.05. The molecule has 0 fully saturated rings. The smallest absolute Gasteiger partial charge is 0.194 e. The summed E-state index contributed by atoms with van der Waals surface area (Å²) in [5, 5.41) is 29.3. The number of ketones is 1. The molecule has 1 aliphatic rings. The van der Waals surface area contributed by atoms with Crippen LogP contribution in [0.15, 0.2) is 18.2 Å². The van der Waals surface area contributed by atoms with Crippen LogP contribution in [0.25, 0.3) is 0 Å². The topological polar surface area (TPSA) is 77.8 Å². The summed E-state index contributed by atoms with van der Waals surface area (Å²) in [5.74, 6) is -1.09. The molecule has 4 heteroatoms. The highest BCUT2D eigenvalue weighted by Crippen LogP contribution is 2.40. The maximum Gasteiger partial charge on any atom is 0.194 e. The van der Waals surface area contributed by atoms with Gasteiger partial charge in [-0.25, -0.2) is 0 Å². The van der Waals surface area contributed by atoms with E-state index in [4.69, 9.17) is 0 Å². The summed E-state index contributed by atoms with van der Waals surface area (Å²) in [4.78, 5) is 12.0. The minimum Gasteiger partial charge on any atom is -0.508 e. The van der Waals surface area contributed by atoms with Gasteiger partial charge in [0.25, 0.3) is 0 Å². The van der Waals surface area contributed by atoms with Crippen molar-refractivity contribution in [3.8, 4) is 5.75 Å². The Morgan fingerprint density at radius 2 is 2.00 bits per heavy atom. The number of benzene rings is 1. The third-order valence-corrected chi connectivity index (χ3v) is 3.42. The van der Waals surface area contributed by atoms with E-state index in [0.717, 1.165) is 0 Å². The van der Waals surface area contributed by atoms with Crippen LogP contribution in [0.4, 0.5) is 0 Å². The van der Waals surface area contributed by atoms with Crippen molar-refractivity contribution in [2.45, 2.75) is 25.6 Å². The SMILES string of the molecule is C[C@H]1[C@H](O)c2ccc(O)cc2C(=O)[C@]1(C)O. The first-order valence-electron chi connectivity index (χ1n) is 5.14. The number of carbonyl (C=O) groups is 1. The van der Waals surface area contributed by atoms with Crippen LogP contribution in [0.5, 0.6) is 5.75 Å². The number of aliphatic hydroxyl groups excluding tert-OH is 1. The number of hydrogen-bond donors (Lipinski definition) is 3. The van der Waals surface area contributed by atoms with E-state index >= 15 is 0 Å². The highest BCUT2D eigenvalue weighted by molar-refractivity contribution is 6.05. The van der Waals surface area contributed by atoms with Gasteiger partial charge < -0.3 is 15.3 Å². The molecule has 0 aromatic heterocycles. The second kappa shape index (κ2) is 3.30. The molecule has 1 aromatic rings. The lowest BCUT2D eigenvalue weighted by molar-refractivity contribution is -0.0403. The quantitative estimate of drug-likeness (QED) is 0.612. The first-order valence-corrected chi connectivity index (χ1v) is 5.14. The number of Topliss-reactive ketones (excluding diaryl/α,β-unsaturated/α-hetero) is 1. The fourth-order valence-corrected chi connectivity index (χ4v) is 2.05. The van der Waals surface area contributed by atoms with Gasteiger partial charge in [-0.2, -0.15) is 0 Å². The van der Waals surface area contributed by atoms with E-state index in [-0.39, 0.29) is 11.3 Å². The van der Waals surface area contributed by atoms with Crippen LogP contribution in [-0.2, 0) is 0 Å². The summed E-state index contributed by atoms with van der Waals surface area (Å²) in [7, 11) is 0. The molecule has 0 aliphatic heterocycles. The standard InChI is InChI=1S/C12H14O4/c1-6-10(14)8-4-3-7(13)5-9(8)11(15)12(6,2)16/h3-6,10,13-14,16H,1-2H3/t6-,10-,12+/m0/s1. The van der Waals surface area contributed by atoms with Crippen LogP contribution in [0, 0.1) is 5.92 Å². The molecule has 3 N–H and O–H groups in total. The van der Waals surface area contributed by atoms with E-state index in [0.29, 0.717) is 5.56 Å². The van der Waals surface area contributed by atoms with Crippen molar-refractivity contribution >= 4 is 5.78 Å². The minimum absolute atomic E-state index is 0.0512. The molecule has 2 rings (SSSR count). The number of aliphatic hydroxyl groups is 2. The van der Waals surface area contributed by atoms with Gasteiger partial charge >= 0.3 is 0 Å². The van der Waals surface area contributed by atoms with E-state index in [1.54, 1.807) is 6.92 Å². The molecule has 1 aliphatic carbocycles. The molecule has 0 saturated heterocycles. The monoisotopic (exact) mass is 222 g/mol. The maximum atomic E-state index is 12.0. The number of phenolic OH excluding ortho intramolecular Hbond substituents is 1. The third-order valence-electron chi connectivity index (χ3n) is 3.42. The molecule has 0 amide bonds. The second-order valence-electron chi connectivity index (χ2n) is 4.48. The molecule has 0 saturated carbocycles. The number of carbonyl (C=O) groups excluding carboxylic acids is 1. The van der Waals surface area contributed by atoms with Crippen molar-refractivity contribution in [2.24, 2.45) is 5.92 Å². The van der Waals surface area contributed by atoms with Gasteiger partial charge in [0.15, 0.2) is 5.78 Å². The number of hydrogen-bond acceptors (Lipinski definition) is 4. The van der Waals surface area contributed by atoms with Crippen molar-refractivity contribution in [1.82, 2.24) is 0 Å². The normalized spacial score (nSPS) is 33.6. The van der Waals surface area contributed by atoms with Crippen molar-refractivity contribution in [3.05, 3.63) is 29.3 Å². The molecule has 0 radical (unpaired) electrons. The zero-order chi connectivity index (χ0) is 12.1. The van der Waals surface area contributed by atoms with E-state index < -0.39 is 23.4 Å². The molecule has 0 spiro atoms. The lowest BCUT2D eigenvalue weighted by Crippen LogP contribution is -2.48. The average Bonchev–Trinajstić information content (AvgIpc) is 2.24. The Bertz CT molecular complexity index is 450. The molecule has 0 unspecified atom stereocenters. The summed E-state index contributed by atoms with van der Waals surface area (Å²) < 4.78 is 0. The highest BCUT2D eigenvalue weighted by Gasteiger charge is 2.46. The predicted molar refractivity (Wildman–Crippen MR) is 57.2 cm³/mol. The van der Waals surface area contributed by atoms with Crippen LogP contribution in [0.1, 0.15) is 35.9 Å². The molecule has 1 aromatic carbocycles. The average molecular weight is 222 g/mol. The van der Waals surface area contributed by atoms with E-state index in [1.165, 1.54) is 25.1 Å². The molecule has 3 atom stereocenters. The number of fused-ring (bicyclic) bond motifs is 1. The molecular formula is C12H14O4. The summed E-state index contributed by atoms with van der Waals surface area (Å²) >= 11 is 0. The number of phenols is 1. The van der Waals surface area contributed by atoms with Crippen LogP contribution >= 0.6 is 0 Å². The first-order chi connectivity index (χ1) is 7.35. The summed E-state index contributed by atoms with van der Waals surface area (Å²) in [6, 6.07) is 4.21. The largest absolute Gasteiger partial charge is 0.508 e. The Hall–Kier alpha value is -1.39. The maximum absolute atomic E-state index is 12.0. The predicted octanol–water partition coefficient (Wildman–Crippen LogP) is 1.01. The van der Waals surface area contributed by atoms with Gasteiger partial charge in [0.05, 0.1) is 6.10 Å². The van der Waals surface area contributed by atoms with Gasteiger partial charge in [-0.05, 0) is 24.6 Å². The number of rotatable bonds is 0. The van der Waals surface area contributed by atoms with E-state index in [9.17, 15) is 20.1 Å². The van der Waals surface area contributed by atoms with Crippen molar-refractivity contribution in [1.29, 1.82) is 0 Å². The van der Waals surface area contributed by atoms with Crippen LogP contribution < -0.4 is 0 Å². The van der Waals surface area contributed by atoms with E-state index in [2.05, 4.69) is 0 Å². The summed E-state index contributed by atoms with van der Waals surface area (Å²) in [5.41, 5.74) is -0.947. The Labute approximate surface area is 93.2 Å². The minimum atomic E-state index is -1.60. The first kappa shape index (κ1) is 11.1. The van der Waals surface area contributed by atoms with Crippen LogP contribution in [0.2, 0.25) is 0 Å². The molecule has 86 valence electrons. The third kappa shape index (κ3) is 1.34. The zero-order valence-electron chi connectivity index (χ0n) is 9.14. The van der Waals surface area contributed by atoms with Crippen LogP contribution in [0.3, 0.4) is 0 Å². The van der Waals surface area contributed by atoms with Gasteiger partial charge in [-0.1, -0.05) is 13.0 Å². The Balaban J connectivity index is 2.65. The lowest BCUT2D eigenvalue weighted by Gasteiger charge is -2.38. The zero-order valence-corrected chi connectivity index (χ0v) is 9.14. The van der Waals surface area contributed by atoms with Gasteiger partial charge in [-0.15, -0.1) is 0 Å². The van der Waals surface area contributed by atoms with Gasteiger partial charge in [0.2, 0.25) is 0 Å². The molecule has 0 bridgehead atoms. The second-order valence-corrected chi connectivity index (χ2v) is 4.48. The van der Waals surface area contributed by atoms with Crippen molar-refractivity contribution < 1.29 is 20.1 Å². The van der Waals surface area contributed by atoms with Gasteiger partial charge in [-0.3, -0.25) is 4.79 Å². The fraction of sp³-hybridized carbons (Fsp3) is 0.417. The van der Waals surface area contributed by atoms with Gasteiger partial charge in [0.1, 0.15) is 11.4 Å². The lowest BCUT2D eigenvalue weighted by atomic mass is 9.71. The van der Waals surface area contributed by atoms with E-state index in [1.807, 2.05) is 0 Å². The van der Waals surface area contributed by atoms with Crippen molar-refractivity contribution in [3.63, 3.8) is 0 Å². The molecule has 0 heterocycles. The molecule has 4 nitrogen and oxygen atoms in total. The molecule has 16 heavy (non-hydrogen) atoms. The molecular weight excluding hydrogens is 208 g/mol. The number of aromatic hydroxyl groups is 1. The Morgan fingerprint density at radius 1 is 1.38 bits per heavy atom. The van der Waals surface area contributed by atoms with Crippen molar-refractivity contribution in [2.75, 3.05) is 0 Å². The van der Waals surface area contributed by atoms with Crippen LogP contribution in [-0.4, -0.2) is 26.7 Å². The highest BCUT2D eigenvalue weighted by atomic mass is 16.3. The Kier molecular flexibility index (Phi) is 2.29.